The minimum absolute atomic E-state index is 0.210. The molecule has 1 unspecified atom stereocenters. The molecule has 0 aliphatic carbocycles. The van der Waals surface area contributed by atoms with Gasteiger partial charge in [-0.3, -0.25) is 4.99 Å². The number of hydrogen-bond donors (Lipinski definition) is 2. The van der Waals surface area contributed by atoms with Gasteiger partial charge in [-0.1, -0.05) is 29.8 Å². The highest BCUT2D eigenvalue weighted by molar-refractivity contribution is 5.78. The monoisotopic (exact) mass is 362 g/mol. The van der Waals surface area contributed by atoms with Crippen molar-refractivity contribution in [2.24, 2.45) is 10.7 Å². The highest BCUT2D eigenvalue weighted by Gasteiger charge is 2.26. The number of carbonyl (C=O) groups excluding carboxylic acids is 1. The number of rotatable bonds is 3. The van der Waals surface area contributed by atoms with E-state index in [-0.39, 0.29) is 12.6 Å². The van der Waals surface area contributed by atoms with Gasteiger partial charge in [0, 0.05) is 26.2 Å². The molecule has 1 heterocycles. The molecule has 0 bridgehead atoms. The summed E-state index contributed by atoms with van der Waals surface area (Å²) >= 11 is 0. The van der Waals surface area contributed by atoms with Crippen LogP contribution in [-0.4, -0.2) is 65.3 Å². The number of piperazine rings is 1. The Balaban J connectivity index is 1.84. The quantitative estimate of drug-likeness (QED) is 0.633. The maximum atomic E-state index is 12.1. The van der Waals surface area contributed by atoms with Crippen molar-refractivity contribution in [1.29, 1.82) is 0 Å². The molecule has 0 saturated carbocycles. The van der Waals surface area contributed by atoms with Gasteiger partial charge in [-0.05, 0) is 33.3 Å². The van der Waals surface area contributed by atoms with E-state index in [4.69, 9.17) is 10.5 Å². The van der Waals surface area contributed by atoms with Crippen LogP contribution in [0.25, 0.3) is 0 Å². The lowest BCUT2D eigenvalue weighted by atomic mass is 10.1. The number of benzene rings is 1. The van der Waals surface area contributed by atoms with Gasteiger partial charge in [0.2, 0.25) is 0 Å². The fraction of sp³-hybridized carbons (Fsp3) is 0.579. The third-order valence-corrected chi connectivity index (χ3v) is 4.11. The summed E-state index contributed by atoms with van der Waals surface area (Å²) in [7, 11) is 0. The zero-order chi connectivity index (χ0) is 19.3. The van der Waals surface area contributed by atoms with E-state index in [0.717, 1.165) is 11.1 Å². The number of amides is 1. The Kier molecular flexibility index (Phi) is 6.47. The summed E-state index contributed by atoms with van der Waals surface area (Å²) in [6.45, 7) is 10.0. The molecule has 2 rings (SSSR count). The summed E-state index contributed by atoms with van der Waals surface area (Å²) in [5, 5.41) is 10.3. The Hall–Kier alpha value is -2.28. The minimum Gasteiger partial charge on any atom is -0.444 e. The fourth-order valence-corrected chi connectivity index (χ4v) is 2.71. The number of nitrogens with two attached hydrogens (primary N) is 1. The van der Waals surface area contributed by atoms with Crippen LogP contribution in [0.4, 0.5) is 4.79 Å². The van der Waals surface area contributed by atoms with Gasteiger partial charge in [0.1, 0.15) is 5.60 Å². The first-order valence-corrected chi connectivity index (χ1v) is 8.93. The number of ether oxygens (including phenoxy) is 1. The van der Waals surface area contributed by atoms with E-state index in [2.05, 4.69) is 4.99 Å². The molecule has 7 nitrogen and oxygen atoms in total. The predicted molar refractivity (Wildman–Crippen MR) is 102 cm³/mol. The molecule has 0 radical (unpaired) electrons. The normalized spacial score (nSPS) is 17.2. The van der Waals surface area contributed by atoms with Gasteiger partial charge < -0.3 is 25.4 Å². The van der Waals surface area contributed by atoms with Crippen LogP contribution in [0.5, 0.6) is 0 Å². The molecule has 0 spiro atoms. The van der Waals surface area contributed by atoms with Gasteiger partial charge in [-0.15, -0.1) is 0 Å². The lowest BCUT2D eigenvalue weighted by Gasteiger charge is -2.36. The maximum absolute atomic E-state index is 12.1. The van der Waals surface area contributed by atoms with Crippen LogP contribution in [-0.2, 0) is 4.74 Å². The molecule has 1 atom stereocenters. The van der Waals surface area contributed by atoms with Crippen molar-refractivity contribution in [3.63, 3.8) is 0 Å². The Bertz CT molecular complexity index is 646. The standard InChI is InChI=1S/C19H30N4O3/c1-14-6-5-7-15(12-14)16(24)13-21-17(20)22-8-10-23(11-9-22)18(25)26-19(2,3)4/h5-7,12,16,24H,8-11,13H2,1-4H3,(H2,20,21). The molecule has 1 aromatic rings. The van der Waals surface area contributed by atoms with E-state index in [9.17, 15) is 9.90 Å². The molecule has 26 heavy (non-hydrogen) atoms. The van der Waals surface area contributed by atoms with Crippen molar-refractivity contribution in [2.45, 2.75) is 39.4 Å². The molecule has 1 aliphatic heterocycles. The van der Waals surface area contributed by atoms with Crippen LogP contribution in [0.15, 0.2) is 29.3 Å². The highest BCUT2D eigenvalue weighted by Crippen LogP contribution is 2.15. The fourth-order valence-electron chi connectivity index (χ4n) is 2.71. The van der Waals surface area contributed by atoms with Gasteiger partial charge in [-0.25, -0.2) is 4.79 Å². The summed E-state index contributed by atoms with van der Waals surface area (Å²) in [5.74, 6) is 0.389. The number of aliphatic hydroxyl groups excluding tert-OH is 1. The van der Waals surface area contributed by atoms with Crippen LogP contribution in [0.1, 0.15) is 38.0 Å². The smallest absolute Gasteiger partial charge is 0.410 e. The van der Waals surface area contributed by atoms with E-state index < -0.39 is 11.7 Å². The average Bonchev–Trinajstić information content (AvgIpc) is 2.58. The van der Waals surface area contributed by atoms with Gasteiger partial charge in [0.15, 0.2) is 5.96 Å². The molecule has 1 saturated heterocycles. The summed E-state index contributed by atoms with van der Waals surface area (Å²) in [4.78, 5) is 20.0. The molecule has 3 N–H and O–H groups in total. The number of carbonyl (C=O) groups is 1. The molecule has 7 heteroatoms. The second-order valence-electron chi connectivity index (χ2n) is 7.58. The van der Waals surface area contributed by atoms with Gasteiger partial charge in [0.25, 0.3) is 0 Å². The van der Waals surface area contributed by atoms with E-state index in [1.54, 1.807) is 4.90 Å². The molecule has 1 aliphatic rings. The van der Waals surface area contributed by atoms with Crippen molar-refractivity contribution in [1.82, 2.24) is 9.80 Å². The summed E-state index contributed by atoms with van der Waals surface area (Å²) < 4.78 is 5.38. The van der Waals surface area contributed by atoms with Gasteiger partial charge >= 0.3 is 6.09 Å². The summed E-state index contributed by atoms with van der Waals surface area (Å²) in [5.41, 5.74) is 7.48. The summed E-state index contributed by atoms with van der Waals surface area (Å²) in [6, 6.07) is 7.72. The van der Waals surface area contributed by atoms with Crippen LogP contribution >= 0.6 is 0 Å². The van der Waals surface area contributed by atoms with Crippen molar-refractivity contribution in [3.05, 3.63) is 35.4 Å². The zero-order valence-corrected chi connectivity index (χ0v) is 16.1. The van der Waals surface area contributed by atoms with Crippen LogP contribution < -0.4 is 5.73 Å². The minimum atomic E-state index is -0.684. The Morgan fingerprint density at radius 1 is 1.27 bits per heavy atom. The van der Waals surface area contributed by atoms with E-state index in [0.29, 0.717) is 32.1 Å². The molecule has 1 amide bonds. The largest absolute Gasteiger partial charge is 0.444 e. The first kappa shape index (κ1) is 20.0. The second kappa shape index (κ2) is 8.40. The van der Waals surface area contributed by atoms with Gasteiger partial charge in [-0.2, -0.15) is 0 Å². The lowest BCUT2D eigenvalue weighted by Crippen LogP contribution is -2.53. The van der Waals surface area contributed by atoms with E-state index in [1.807, 2.05) is 56.9 Å². The Labute approximate surface area is 155 Å². The first-order chi connectivity index (χ1) is 12.2. The topological polar surface area (TPSA) is 91.4 Å². The average molecular weight is 362 g/mol. The van der Waals surface area contributed by atoms with E-state index >= 15 is 0 Å². The van der Waals surface area contributed by atoms with Crippen LogP contribution in [0.2, 0.25) is 0 Å². The molecule has 144 valence electrons. The maximum Gasteiger partial charge on any atom is 0.410 e. The molecular weight excluding hydrogens is 332 g/mol. The first-order valence-electron chi connectivity index (χ1n) is 8.93. The van der Waals surface area contributed by atoms with E-state index in [1.165, 1.54) is 0 Å². The molecule has 0 aromatic heterocycles. The predicted octanol–water partition coefficient (Wildman–Crippen LogP) is 1.90. The number of nitrogens with zero attached hydrogens (tertiary/aromatic N) is 3. The number of aryl methyl sites for hydroxylation is 1. The van der Waals surface area contributed by atoms with Crippen molar-refractivity contribution < 1.29 is 14.6 Å². The highest BCUT2D eigenvalue weighted by atomic mass is 16.6. The lowest BCUT2D eigenvalue weighted by molar-refractivity contribution is 0.0186. The summed E-state index contributed by atoms with van der Waals surface area (Å²) in [6.07, 6.45) is -0.987. The Morgan fingerprint density at radius 2 is 1.88 bits per heavy atom. The molecular formula is C19H30N4O3. The zero-order valence-electron chi connectivity index (χ0n) is 16.1. The molecule has 1 aromatic carbocycles. The number of hydrogen-bond acceptors (Lipinski definition) is 4. The SMILES string of the molecule is Cc1cccc(C(O)CN=C(N)N2CCN(C(=O)OC(C)(C)C)CC2)c1. The van der Waals surface area contributed by atoms with Crippen LogP contribution in [0.3, 0.4) is 0 Å². The van der Waals surface area contributed by atoms with Crippen molar-refractivity contribution >= 4 is 12.1 Å². The van der Waals surface area contributed by atoms with Crippen LogP contribution in [0, 0.1) is 6.92 Å². The van der Waals surface area contributed by atoms with Crippen molar-refractivity contribution in [2.75, 3.05) is 32.7 Å². The third kappa shape index (κ3) is 5.91. The van der Waals surface area contributed by atoms with Gasteiger partial charge in [0.05, 0.1) is 12.6 Å². The third-order valence-electron chi connectivity index (χ3n) is 4.11. The van der Waals surface area contributed by atoms with Crippen molar-refractivity contribution in [3.8, 4) is 0 Å². The number of guanidine groups is 1. The number of aliphatic imine (C=N–C) groups is 1. The second-order valence-corrected chi connectivity index (χ2v) is 7.58. The number of aliphatic hydroxyl groups is 1. The molecule has 1 fully saturated rings. The Morgan fingerprint density at radius 3 is 2.46 bits per heavy atom.